The normalized spacial score (nSPS) is 11.2. The summed E-state index contributed by atoms with van der Waals surface area (Å²) < 4.78 is 13.1. The third-order valence-electron chi connectivity index (χ3n) is 4.72. The average Bonchev–Trinajstić information content (AvgIpc) is 2.78. The summed E-state index contributed by atoms with van der Waals surface area (Å²) in [5.41, 5.74) is 2.06. The summed E-state index contributed by atoms with van der Waals surface area (Å²) in [6.45, 7) is 0. The molecule has 4 rings (SSSR count). The molecule has 0 aliphatic rings. The molecule has 0 aliphatic heterocycles. The van der Waals surface area contributed by atoms with Gasteiger partial charge in [-0.05, 0) is 54.1 Å². The Morgan fingerprint density at radius 3 is 2.43 bits per heavy atom. The number of methoxy groups -OCH3 is 2. The molecule has 3 aromatic carbocycles. The molecule has 0 bridgehead atoms. The summed E-state index contributed by atoms with van der Waals surface area (Å²) in [7, 11) is 3.22. The second kappa shape index (κ2) is 8.55. The Balaban J connectivity index is 1.93. The number of halogens is 1. The highest BCUT2D eigenvalue weighted by molar-refractivity contribution is 9.10. The van der Waals surface area contributed by atoms with Crippen molar-refractivity contribution in [2.75, 3.05) is 14.2 Å². The first-order valence-corrected chi connectivity index (χ1v) is 10.1. The van der Waals surface area contributed by atoms with Crippen LogP contribution < -0.4 is 15.0 Å². The summed E-state index contributed by atoms with van der Waals surface area (Å²) in [4.78, 5) is 18.2. The van der Waals surface area contributed by atoms with E-state index < -0.39 is 0 Å². The fraction of sp³-hybridized carbons (Fsp3) is 0.0833. The van der Waals surface area contributed by atoms with E-state index in [-0.39, 0.29) is 5.56 Å². The topological polar surface area (TPSA) is 53.3 Å². The molecule has 0 amide bonds. The molecule has 0 saturated heterocycles. The molecule has 0 saturated carbocycles. The zero-order chi connectivity index (χ0) is 21.1. The van der Waals surface area contributed by atoms with Crippen molar-refractivity contribution in [3.8, 4) is 17.2 Å². The van der Waals surface area contributed by atoms with Crippen LogP contribution in [-0.2, 0) is 0 Å². The van der Waals surface area contributed by atoms with E-state index in [1.54, 1.807) is 24.9 Å². The third-order valence-corrected chi connectivity index (χ3v) is 5.22. The summed E-state index contributed by atoms with van der Waals surface area (Å²) >= 11 is 3.44. The number of aromatic nitrogens is 2. The molecule has 0 N–H and O–H groups in total. The minimum Gasteiger partial charge on any atom is -0.497 e. The molecule has 0 fully saturated rings. The quantitative estimate of drug-likeness (QED) is 0.401. The van der Waals surface area contributed by atoms with Crippen molar-refractivity contribution in [2.24, 2.45) is 0 Å². The number of para-hydroxylation sites is 2. The molecule has 1 aromatic heterocycles. The number of benzene rings is 3. The summed E-state index contributed by atoms with van der Waals surface area (Å²) in [6, 6.07) is 20.6. The van der Waals surface area contributed by atoms with Crippen LogP contribution in [0.15, 0.2) is 76.0 Å². The van der Waals surface area contributed by atoms with Gasteiger partial charge in [0.25, 0.3) is 5.56 Å². The van der Waals surface area contributed by atoms with Crippen molar-refractivity contribution in [1.29, 1.82) is 0 Å². The molecule has 30 heavy (non-hydrogen) atoms. The standard InChI is InChI=1S/C24H19BrN2O3/c1-29-18-11-7-16(8-12-18)9-14-23-26-20-13-10-17(25)15-19(20)24(28)27(23)21-5-3-4-6-22(21)30-2/h3-15H,1-2H3/b14-9+. The lowest BCUT2D eigenvalue weighted by Gasteiger charge is -2.14. The van der Waals surface area contributed by atoms with Gasteiger partial charge in [0, 0.05) is 4.47 Å². The Morgan fingerprint density at radius 2 is 1.70 bits per heavy atom. The van der Waals surface area contributed by atoms with Gasteiger partial charge in [-0.1, -0.05) is 46.3 Å². The van der Waals surface area contributed by atoms with Gasteiger partial charge in [-0.2, -0.15) is 0 Å². The number of ether oxygens (including phenoxy) is 2. The van der Waals surface area contributed by atoms with E-state index >= 15 is 0 Å². The van der Waals surface area contributed by atoms with Crippen molar-refractivity contribution in [2.45, 2.75) is 0 Å². The maximum Gasteiger partial charge on any atom is 0.266 e. The van der Waals surface area contributed by atoms with Crippen molar-refractivity contribution >= 4 is 39.0 Å². The van der Waals surface area contributed by atoms with E-state index in [1.807, 2.05) is 72.8 Å². The largest absolute Gasteiger partial charge is 0.497 e. The number of rotatable bonds is 5. The molecule has 4 aromatic rings. The van der Waals surface area contributed by atoms with Crippen LogP contribution in [-0.4, -0.2) is 23.8 Å². The van der Waals surface area contributed by atoms with Gasteiger partial charge >= 0.3 is 0 Å². The molecule has 150 valence electrons. The van der Waals surface area contributed by atoms with Gasteiger partial charge in [0.15, 0.2) is 0 Å². The van der Waals surface area contributed by atoms with Crippen molar-refractivity contribution in [1.82, 2.24) is 9.55 Å². The van der Waals surface area contributed by atoms with Crippen LogP contribution in [0.3, 0.4) is 0 Å². The zero-order valence-electron chi connectivity index (χ0n) is 16.5. The van der Waals surface area contributed by atoms with E-state index in [1.165, 1.54) is 0 Å². The molecular weight excluding hydrogens is 444 g/mol. The van der Waals surface area contributed by atoms with Gasteiger partial charge in [0.05, 0.1) is 30.8 Å². The summed E-state index contributed by atoms with van der Waals surface area (Å²) in [5.74, 6) is 1.89. The Morgan fingerprint density at radius 1 is 0.933 bits per heavy atom. The maximum atomic E-state index is 13.5. The van der Waals surface area contributed by atoms with Crippen molar-refractivity contribution in [3.63, 3.8) is 0 Å². The van der Waals surface area contributed by atoms with Crippen LogP contribution in [0.5, 0.6) is 11.5 Å². The van der Waals surface area contributed by atoms with Crippen LogP contribution in [0.25, 0.3) is 28.7 Å². The Bertz CT molecular complexity index is 1290. The number of hydrogen-bond acceptors (Lipinski definition) is 4. The summed E-state index contributed by atoms with van der Waals surface area (Å²) in [5, 5.41) is 0.525. The maximum absolute atomic E-state index is 13.5. The van der Waals surface area contributed by atoms with Gasteiger partial charge in [0.1, 0.15) is 17.3 Å². The monoisotopic (exact) mass is 462 g/mol. The highest BCUT2D eigenvalue weighted by Crippen LogP contribution is 2.25. The Kier molecular flexibility index (Phi) is 5.68. The molecular formula is C24H19BrN2O3. The van der Waals surface area contributed by atoms with E-state index in [0.717, 1.165) is 15.8 Å². The van der Waals surface area contributed by atoms with Crippen molar-refractivity contribution < 1.29 is 9.47 Å². The second-order valence-electron chi connectivity index (χ2n) is 6.55. The van der Waals surface area contributed by atoms with Gasteiger partial charge in [-0.25, -0.2) is 4.98 Å². The first kappa shape index (κ1) is 19.9. The van der Waals surface area contributed by atoms with Gasteiger partial charge < -0.3 is 9.47 Å². The van der Waals surface area contributed by atoms with E-state index in [4.69, 9.17) is 14.5 Å². The zero-order valence-corrected chi connectivity index (χ0v) is 18.1. The minimum absolute atomic E-state index is 0.166. The summed E-state index contributed by atoms with van der Waals surface area (Å²) in [6.07, 6.45) is 3.74. The molecule has 1 heterocycles. The van der Waals surface area contributed by atoms with E-state index in [9.17, 15) is 4.79 Å². The smallest absolute Gasteiger partial charge is 0.266 e. The fourth-order valence-corrected chi connectivity index (χ4v) is 3.58. The average molecular weight is 463 g/mol. The lowest BCUT2D eigenvalue weighted by Crippen LogP contribution is -2.22. The van der Waals surface area contributed by atoms with Crippen LogP contribution in [0.1, 0.15) is 11.4 Å². The first-order valence-electron chi connectivity index (χ1n) is 9.28. The first-order chi connectivity index (χ1) is 14.6. The van der Waals surface area contributed by atoms with E-state index in [0.29, 0.717) is 28.2 Å². The van der Waals surface area contributed by atoms with Gasteiger partial charge in [0.2, 0.25) is 0 Å². The molecule has 0 atom stereocenters. The predicted octanol–water partition coefficient (Wildman–Crippen LogP) is 5.34. The highest BCUT2D eigenvalue weighted by atomic mass is 79.9. The Hall–Kier alpha value is -3.38. The SMILES string of the molecule is COc1ccc(/C=C/c2nc3ccc(Br)cc3c(=O)n2-c2ccccc2OC)cc1. The molecule has 5 nitrogen and oxygen atoms in total. The van der Waals surface area contributed by atoms with Crippen molar-refractivity contribution in [3.05, 3.63) is 92.9 Å². The Labute approximate surface area is 182 Å². The second-order valence-corrected chi connectivity index (χ2v) is 7.47. The fourth-order valence-electron chi connectivity index (χ4n) is 3.22. The number of hydrogen-bond donors (Lipinski definition) is 0. The predicted molar refractivity (Wildman–Crippen MR) is 124 cm³/mol. The molecule has 0 aliphatic carbocycles. The molecule has 0 spiro atoms. The lowest BCUT2D eigenvalue weighted by atomic mass is 10.2. The molecule has 0 unspecified atom stereocenters. The van der Waals surface area contributed by atoms with Crippen LogP contribution in [0, 0.1) is 0 Å². The third kappa shape index (κ3) is 3.86. The van der Waals surface area contributed by atoms with Gasteiger partial charge in [-0.15, -0.1) is 0 Å². The van der Waals surface area contributed by atoms with E-state index in [2.05, 4.69) is 15.9 Å². The number of nitrogens with zero attached hydrogens (tertiary/aromatic N) is 2. The van der Waals surface area contributed by atoms with Crippen LogP contribution in [0.2, 0.25) is 0 Å². The highest BCUT2D eigenvalue weighted by Gasteiger charge is 2.14. The van der Waals surface area contributed by atoms with Crippen LogP contribution in [0.4, 0.5) is 0 Å². The molecule has 6 heteroatoms. The van der Waals surface area contributed by atoms with Crippen LogP contribution >= 0.6 is 15.9 Å². The van der Waals surface area contributed by atoms with Gasteiger partial charge in [-0.3, -0.25) is 9.36 Å². The lowest BCUT2D eigenvalue weighted by molar-refractivity contribution is 0.412. The molecule has 0 radical (unpaired) electrons. The number of fused-ring (bicyclic) bond motifs is 1. The minimum atomic E-state index is -0.166.